The van der Waals surface area contributed by atoms with Gasteiger partial charge in [0.1, 0.15) is 11.5 Å². The number of ether oxygens (including phenoxy) is 1. The second-order valence-electron chi connectivity index (χ2n) is 5.40. The molecule has 0 atom stereocenters. The van der Waals surface area contributed by atoms with Gasteiger partial charge in [0.2, 0.25) is 0 Å². The Morgan fingerprint density at radius 1 is 1.05 bits per heavy atom. The fourth-order valence-electron chi connectivity index (χ4n) is 2.52. The van der Waals surface area contributed by atoms with Gasteiger partial charge in [-0.25, -0.2) is 0 Å². The molecule has 0 spiro atoms. The van der Waals surface area contributed by atoms with E-state index < -0.39 is 0 Å². The van der Waals surface area contributed by atoms with Crippen LogP contribution in [0, 0.1) is 0 Å². The molecule has 0 radical (unpaired) electrons. The maximum absolute atomic E-state index is 5.89. The largest absolute Gasteiger partial charge is 0.460 e. The van der Waals surface area contributed by atoms with Crippen molar-refractivity contribution in [2.24, 2.45) is 0 Å². The molecule has 1 aliphatic heterocycles. The maximum atomic E-state index is 5.89. The number of nitrogens with one attached hydrogen (secondary N) is 1. The average Bonchev–Trinajstić information content (AvgIpc) is 3.02. The standard InChI is InChI=1S/C17H21BrN2O2/c18-15-3-1-14(2-4-15)17-6-5-16(22-17)13-19-7-8-20-9-11-21-12-10-20/h1-6,19H,7-13H2. The Morgan fingerprint density at radius 2 is 1.82 bits per heavy atom. The third-order valence-electron chi connectivity index (χ3n) is 3.80. The Kier molecular flexibility index (Phi) is 5.67. The van der Waals surface area contributed by atoms with Crippen molar-refractivity contribution in [1.82, 2.24) is 10.2 Å². The van der Waals surface area contributed by atoms with Gasteiger partial charge in [-0.15, -0.1) is 0 Å². The summed E-state index contributed by atoms with van der Waals surface area (Å²) in [5.41, 5.74) is 1.10. The fraction of sp³-hybridized carbons (Fsp3) is 0.412. The SMILES string of the molecule is Brc1ccc(-c2ccc(CNCCN3CCOCC3)o2)cc1. The van der Waals surface area contributed by atoms with Crippen molar-refractivity contribution in [2.75, 3.05) is 39.4 Å². The van der Waals surface area contributed by atoms with Crippen molar-refractivity contribution in [3.8, 4) is 11.3 Å². The molecule has 5 heteroatoms. The number of hydrogen-bond acceptors (Lipinski definition) is 4. The number of morpholine rings is 1. The molecular formula is C17H21BrN2O2. The summed E-state index contributed by atoms with van der Waals surface area (Å²) in [6.07, 6.45) is 0. The van der Waals surface area contributed by atoms with Gasteiger partial charge < -0.3 is 14.5 Å². The lowest BCUT2D eigenvalue weighted by molar-refractivity contribution is 0.0383. The van der Waals surface area contributed by atoms with E-state index in [9.17, 15) is 0 Å². The molecule has 4 nitrogen and oxygen atoms in total. The van der Waals surface area contributed by atoms with Crippen molar-refractivity contribution < 1.29 is 9.15 Å². The molecule has 2 aromatic rings. The number of hydrogen-bond donors (Lipinski definition) is 1. The summed E-state index contributed by atoms with van der Waals surface area (Å²) in [6.45, 7) is 6.58. The van der Waals surface area contributed by atoms with Crippen molar-refractivity contribution in [2.45, 2.75) is 6.54 Å². The van der Waals surface area contributed by atoms with Crippen LogP contribution in [0.3, 0.4) is 0 Å². The van der Waals surface area contributed by atoms with Gasteiger partial charge in [0, 0.05) is 36.2 Å². The lowest BCUT2D eigenvalue weighted by atomic mass is 10.2. The summed E-state index contributed by atoms with van der Waals surface area (Å²) >= 11 is 3.45. The third kappa shape index (κ3) is 4.43. The van der Waals surface area contributed by atoms with Gasteiger partial charge in [-0.1, -0.05) is 28.1 Å². The van der Waals surface area contributed by atoms with E-state index in [4.69, 9.17) is 9.15 Å². The highest BCUT2D eigenvalue weighted by Gasteiger charge is 2.09. The van der Waals surface area contributed by atoms with Crippen molar-refractivity contribution in [3.05, 3.63) is 46.6 Å². The van der Waals surface area contributed by atoms with Crippen LogP contribution in [0.15, 0.2) is 45.3 Å². The molecule has 1 saturated heterocycles. The van der Waals surface area contributed by atoms with Crippen molar-refractivity contribution in [1.29, 1.82) is 0 Å². The minimum Gasteiger partial charge on any atom is -0.460 e. The number of rotatable bonds is 6. The van der Waals surface area contributed by atoms with Crippen LogP contribution >= 0.6 is 15.9 Å². The van der Waals surface area contributed by atoms with Crippen LogP contribution in [-0.2, 0) is 11.3 Å². The van der Waals surface area contributed by atoms with E-state index in [1.54, 1.807) is 0 Å². The highest BCUT2D eigenvalue weighted by atomic mass is 79.9. The van der Waals surface area contributed by atoms with Crippen LogP contribution < -0.4 is 5.32 Å². The topological polar surface area (TPSA) is 37.6 Å². The van der Waals surface area contributed by atoms with Gasteiger partial charge in [-0.2, -0.15) is 0 Å². The summed E-state index contributed by atoms with van der Waals surface area (Å²) in [5.74, 6) is 1.89. The first-order valence-electron chi connectivity index (χ1n) is 7.67. The smallest absolute Gasteiger partial charge is 0.134 e. The van der Waals surface area contributed by atoms with Crippen LogP contribution in [-0.4, -0.2) is 44.3 Å². The molecule has 0 unspecified atom stereocenters. The lowest BCUT2D eigenvalue weighted by Gasteiger charge is -2.26. The van der Waals surface area contributed by atoms with E-state index >= 15 is 0 Å². The molecule has 1 aromatic carbocycles. The van der Waals surface area contributed by atoms with Gasteiger partial charge in [0.15, 0.2) is 0 Å². The molecule has 0 aliphatic carbocycles. The van der Waals surface area contributed by atoms with Crippen molar-refractivity contribution in [3.63, 3.8) is 0 Å². The summed E-state index contributed by atoms with van der Waals surface area (Å²) in [4.78, 5) is 2.42. The highest BCUT2D eigenvalue weighted by Crippen LogP contribution is 2.23. The second kappa shape index (κ2) is 7.92. The Morgan fingerprint density at radius 3 is 2.59 bits per heavy atom. The quantitative estimate of drug-likeness (QED) is 0.799. The molecule has 22 heavy (non-hydrogen) atoms. The zero-order valence-corrected chi connectivity index (χ0v) is 14.1. The van der Waals surface area contributed by atoms with Crippen LogP contribution in [0.2, 0.25) is 0 Å². The Bertz CT molecular complexity index is 577. The number of halogens is 1. The lowest BCUT2D eigenvalue weighted by Crippen LogP contribution is -2.40. The molecule has 1 N–H and O–H groups in total. The first-order valence-corrected chi connectivity index (χ1v) is 8.46. The predicted molar refractivity (Wildman–Crippen MR) is 90.8 cm³/mol. The highest BCUT2D eigenvalue weighted by molar-refractivity contribution is 9.10. The van der Waals surface area contributed by atoms with Gasteiger partial charge >= 0.3 is 0 Å². The predicted octanol–water partition coefficient (Wildman–Crippen LogP) is 3.13. The monoisotopic (exact) mass is 364 g/mol. The normalized spacial score (nSPS) is 16.0. The number of benzene rings is 1. The Balaban J connectivity index is 1.44. The van der Waals surface area contributed by atoms with E-state index in [1.807, 2.05) is 24.3 Å². The fourth-order valence-corrected chi connectivity index (χ4v) is 2.78. The zero-order chi connectivity index (χ0) is 15.2. The molecule has 1 aliphatic rings. The molecule has 118 valence electrons. The minimum atomic E-state index is 0.765. The van der Waals surface area contributed by atoms with Gasteiger partial charge in [0.25, 0.3) is 0 Å². The average molecular weight is 365 g/mol. The van der Waals surface area contributed by atoms with Crippen LogP contribution in [0.4, 0.5) is 0 Å². The molecule has 0 saturated carbocycles. The van der Waals surface area contributed by atoms with Gasteiger partial charge in [-0.05, 0) is 24.3 Å². The molecule has 0 bridgehead atoms. The third-order valence-corrected chi connectivity index (χ3v) is 4.33. The van der Waals surface area contributed by atoms with E-state index in [-0.39, 0.29) is 0 Å². The first-order chi connectivity index (χ1) is 10.8. The van der Waals surface area contributed by atoms with Crippen LogP contribution in [0.1, 0.15) is 5.76 Å². The second-order valence-corrected chi connectivity index (χ2v) is 6.32. The molecule has 2 heterocycles. The summed E-state index contributed by atoms with van der Waals surface area (Å²) in [7, 11) is 0. The van der Waals surface area contributed by atoms with Gasteiger partial charge in [-0.3, -0.25) is 4.90 Å². The maximum Gasteiger partial charge on any atom is 0.134 e. The number of nitrogens with zero attached hydrogens (tertiary/aromatic N) is 1. The number of furan rings is 1. The minimum absolute atomic E-state index is 0.765. The van der Waals surface area contributed by atoms with E-state index in [0.29, 0.717) is 0 Å². The van der Waals surface area contributed by atoms with E-state index in [0.717, 1.165) is 67.5 Å². The zero-order valence-electron chi connectivity index (χ0n) is 12.6. The first kappa shape index (κ1) is 15.7. The summed E-state index contributed by atoms with van der Waals surface area (Å²) in [6, 6.07) is 12.2. The van der Waals surface area contributed by atoms with E-state index in [1.165, 1.54) is 0 Å². The molecule has 0 amide bonds. The molecule has 3 rings (SSSR count). The van der Waals surface area contributed by atoms with Crippen LogP contribution in [0.25, 0.3) is 11.3 Å². The van der Waals surface area contributed by atoms with E-state index in [2.05, 4.69) is 38.3 Å². The molecule has 1 aromatic heterocycles. The van der Waals surface area contributed by atoms with Gasteiger partial charge in [0.05, 0.1) is 19.8 Å². The summed E-state index contributed by atoms with van der Waals surface area (Å²) < 4.78 is 12.3. The van der Waals surface area contributed by atoms with Crippen molar-refractivity contribution >= 4 is 15.9 Å². The Labute approximate surface area is 139 Å². The molecular weight excluding hydrogens is 344 g/mol. The van der Waals surface area contributed by atoms with Crippen LogP contribution in [0.5, 0.6) is 0 Å². The summed E-state index contributed by atoms with van der Waals surface area (Å²) in [5, 5.41) is 3.44. The molecule has 1 fully saturated rings. The Hall–Kier alpha value is -1.14.